The van der Waals surface area contributed by atoms with Crippen LogP contribution in [0, 0.1) is 0 Å². The van der Waals surface area contributed by atoms with Gasteiger partial charge in [0.05, 0.1) is 10.8 Å². The van der Waals surface area contributed by atoms with Crippen LogP contribution in [0.3, 0.4) is 0 Å². The van der Waals surface area contributed by atoms with E-state index in [4.69, 9.17) is 5.11 Å². The molecule has 0 unspecified atom stereocenters. The Bertz CT molecular complexity index is 396. The van der Waals surface area contributed by atoms with Crippen LogP contribution in [0.25, 0.3) is 5.65 Å². The number of halogens is 1. The van der Waals surface area contributed by atoms with Gasteiger partial charge in [0.2, 0.25) is 5.88 Å². The SMILES string of the molecule is Oc1cn2c(Br)cccc2n1. The van der Waals surface area contributed by atoms with Crippen LogP contribution >= 0.6 is 15.9 Å². The van der Waals surface area contributed by atoms with E-state index < -0.39 is 0 Å². The maximum Gasteiger partial charge on any atom is 0.230 e. The van der Waals surface area contributed by atoms with Gasteiger partial charge in [-0.05, 0) is 28.1 Å². The zero-order chi connectivity index (χ0) is 7.84. The number of nitrogens with zero attached hydrogens (tertiary/aromatic N) is 2. The van der Waals surface area contributed by atoms with Crippen molar-refractivity contribution in [1.82, 2.24) is 9.38 Å². The molecule has 0 saturated heterocycles. The van der Waals surface area contributed by atoms with Crippen LogP contribution < -0.4 is 0 Å². The molecule has 2 rings (SSSR count). The van der Waals surface area contributed by atoms with Crippen molar-refractivity contribution in [2.45, 2.75) is 0 Å². The van der Waals surface area contributed by atoms with Gasteiger partial charge < -0.3 is 5.11 Å². The summed E-state index contributed by atoms with van der Waals surface area (Å²) in [6.45, 7) is 0. The van der Waals surface area contributed by atoms with Gasteiger partial charge in [-0.2, -0.15) is 4.98 Å². The molecule has 2 heterocycles. The standard InChI is InChI=1S/C7H5BrN2O/c8-5-2-1-3-6-9-7(11)4-10(5)6/h1-4,11H. The molecular weight excluding hydrogens is 208 g/mol. The molecule has 0 aliphatic carbocycles. The first-order chi connectivity index (χ1) is 5.27. The Labute approximate surface area is 71.4 Å². The normalized spacial score (nSPS) is 10.6. The highest BCUT2D eigenvalue weighted by Crippen LogP contribution is 2.16. The molecule has 0 radical (unpaired) electrons. The quantitative estimate of drug-likeness (QED) is 0.677. The molecule has 0 fully saturated rings. The summed E-state index contributed by atoms with van der Waals surface area (Å²) in [6.07, 6.45) is 1.55. The van der Waals surface area contributed by atoms with E-state index in [2.05, 4.69) is 20.9 Å². The van der Waals surface area contributed by atoms with E-state index >= 15 is 0 Å². The summed E-state index contributed by atoms with van der Waals surface area (Å²) >= 11 is 3.32. The molecule has 2 aromatic heterocycles. The minimum absolute atomic E-state index is 0.0388. The lowest BCUT2D eigenvalue weighted by Crippen LogP contribution is -1.82. The second kappa shape index (κ2) is 2.23. The van der Waals surface area contributed by atoms with E-state index in [-0.39, 0.29) is 5.88 Å². The Morgan fingerprint density at radius 1 is 1.45 bits per heavy atom. The van der Waals surface area contributed by atoms with Crippen LogP contribution in [-0.4, -0.2) is 14.5 Å². The summed E-state index contributed by atoms with van der Waals surface area (Å²) in [7, 11) is 0. The Balaban J connectivity index is 2.90. The predicted octanol–water partition coefficient (Wildman–Crippen LogP) is 1.80. The maximum absolute atomic E-state index is 9.03. The van der Waals surface area contributed by atoms with E-state index in [0.29, 0.717) is 0 Å². The van der Waals surface area contributed by atoms with Crippen LogP contribution in [0.15, 0.2) is 29.0 Å². The molecule has 0 aromatic carbocycles. The molecule has 0 amide bonds. The summed E-state index contributed by atoms with van der Waals surface area (Å²) in [4.78, 5) is 3.86. The number of pyridine rings is 1. The highest BCUT2D eigenvalue weighted by atomic mass is 79.9. The summed E-state index contributed by atoms with van der Waals surface area (Å²) in [5, 5.41) is 9.03. The molecule has 0 spiro atoms. The Hall–Kier alpha value is -1.03. The van der Waals surface area contributed by atoms with Gasteiger partial charge in [0.25, 0.3) is 0 Å². The van der Waals surface area contributed by atoms with Gasteiger partial charge in [-0.3, -0.25) is 4.40 Å². The van der Waals surface area contributed by atoms with E-state index in [9.17, 15) is 0 Å². The molecule has 11 heavy (non-hydrogen) atoms. The molecule has 2 aromatic rings. The van der Waals surface area contributed by atoms with Crippen LogP contribution in [0.5, 0.6) is 5.88 Å². The molecular formula is C7H5BrN2O. The highest BCUT2D eigenvalue weighted by molar-refractivity contribution is 9.10. The molecule has 0 aliphatic rings. The molecule has 3 nitrogen and oxygen atoms in total. The molecule has 0 bridgehead atoms. The van der Waals surface area contributed by atoms with Crippen LogP contribution in [-0.2, 0) is 0 Å². The number of hydrogen-bond donors (Lipinski definition) is 1. The van der Waals surface area contributed by atoms with Gasteiger partial charge in [-0.15, -0.1) is 0 Å². The molecule has 56 valence electrons. The van der Waals surface area contributed by atoms with Crippen molar-refractivity contribution in [2.24, 2.45) is 0 Å². The zero-order valence-corrected chi connectivity index (χ0v) is 7.12. The predicted molar refractivity (Wildman–Crippen MR) is 44.6 cm³/mol. The number of aromatic nitrogens is 2. The van der Waals surface area contributed by atoms with Crippen LogP contribution in [0.2, 0.25) is 0 Å². The third kappa shape index (κ3) is 0.991. The van der Waals surface area contributed by atoms with Gasteiger partial charge >= 0.3 is 0 Å². The summed E-state index contributed by atoms with van der Waals surface area (Å²) in [6, 6.07) is 5.57. The minimum Gasteiger partial charge on any atom is -0.492 e. The van der Waals surface area contributed by atoms with Gasteiger partial charge in [-0.1, -0.05) is 6.07 Å². The van der Waals surface area contributed by atoms with E-state index in [1.54, 1.807) is 10.6 Å². The maximum atomic E-state index is 9.03. The smallest absolute Gasteiger partial charge is 0.230 e. The first-order valence-corrected chi connectivity index (χ1v) is 3.89. The first kappa shape index (κ1) is 6.67. The Morgan fingerprint density at radius 3 is 3.00 bits per heavy atom. The Kier molecular flexibility index (Phi) is 1.35. The molecule has 0 saturated carbocycles. The second-order valence-electron chi connectivity index (χ2n) is 2.18. The van der Waals surface area contributed by atoms with Crippen molar-refractivity contribution >= 4 is 21.6 Å². The Morgan fingerprint density at radius 2 is 2.27 bits per heavy atom. The fraction of sp³-hybridized carbons (Fsp3) is 0. The lowest BCUT2D eigenvalue weighted by Gasteiger charge is -1.93. The van der Waals surface area contributed by atoms with Gasteiger partial charge in [0.15, 0.2) is 0 Å². The van der Waals surface area contributed by atoms with Gasteiger partial charge in [-0.25, -0.2) is 0 Å². The minimum atomic E-state index is 0.0388. The number of hydrogen-bond acceptors (Lipinski definition) is 2. The van der Waals surface area contributed by atoms with Crippen molar-refractivity contribution in [3.63, 3.8) is 0 Å². The number of fused-ring (bicyclic) bond motifs is 1. The lowest BCUT2D eigenvalue weighted by atomic mass is 10.5. The average molecular weight is 213 g/mol. The largest absolute Gasteiger partial charge is 0.492 e. The monoisotopic (exact) mass is 212 g/mol. The fourth-order valence-electron chi connectivity index (χ4n) is 0.964. The first-order valence-electron chi connectivity index (χ1n) is 3.10. The van der Waals surface area contributed by atoms with Crippen molar-refractivity contribution < 1.29 is 5.11 Å². The van der Waals surface area contributed by atoms with Crippen LogP contribution in [0.1, 0.15) is 0 Å². The summed E-state index contributed by atoms with van der Waals surface area (Å²) in [5.41, 5.74) is 0.733. The van der Waals surface area contributed by atoms with Crippen molar-refractivity contribution in [2.75, 3.05) is 0 Å². The second-order valence-corrected chi connectivity index (χ2v) is 2.99. The third-order valence-electron chi connectivity index (χ3n) is 1.43. The third-order valence-corrected chi connectivity index (χ3v) is 2.08. The number of aromatic hydroxyl groups is 1. The fourth-order valence-corrected chi connectivity index (χ4v) is 1.40. The van der Waals surface area contributed by atoms with Crippen molar-refractivity contribution in [3.8, 4) is 5.88 Å². The van der Waals surface area contributed by atoms with Crippen molar-refractivity contribution in [3.05, 3.63) is 29.0 Å². The number of imidazole rings is 1. The van der Waals surface area contributed by atoms with Crippen molar-refractivity contribution in [1.29, 1.82) is 0 Å². The van der Waals surface area contributed by atoms with E-state index in [1.807, 2.05) is 18.2 Å². The van der Waals surface area contributed by atoms with Gasteiger partial charge in [0.1, 0.15) is 5.65 Å². The topological polar surface area (TPSA) is 37.5 Å². The highest BCUT2D eigenvalue weighted by Gasteiger charge is 1.99. The summed E-state index contributed by atoms with van der Waals surface area (Å²) in [5.74, 6) is 0.0388. The average Bonchev–Trinajstić information content (AvgIpc) is 2.31. The molecule has 4 heteroatoms. The van der Waals surface area contributed by atoms with E-state index in [1.165, 1.54) is 0 Å². The number of rotatable bonds is 0. The van der Waals surface area contributed by atoms with Crippen LogP contribution in [0.4, 0.5) is 0 Å². The van der Waals surface area contributed by atoms with Gasteiger partial charge in [0, 0.05) is 0 Å². The molecule has 1 N–H and O–H groups in total. The molecule has 0 atom stereocenters. The lowest BCUT2D eigenvalue weighted by molar-refractivity contribution is 0.457. The zero-order valence-electron chi connectivity index (χ0n) is 5.53. The molecule has 0 aliphatic heterocycles. The van der Waals surface area contributed by atoms with E-state index in [0.717, 1.165) is 10.3 Å². The summed E-state index contributed by atoms with van der Waals surface area (Å²) < 4.78 is 2.64.